The van der Waals surface area contributed by atoms with Crippen LogP contribution in [0.5, 0.6) is 0 Å². The van der Waals surface area contributed by atoms with Crippen LogP contribution in [0.4, 0.5) is 0 Å². The molecule has 0 spiro atoms. The van der Waals surface area contributed by atoms with Gasteiger partial charge in [0.2, 0.25) is 11.8 Å². The summed E-state index contributed by atoms with van der Waals surface area (Å²) in [5.41, 5.74) is 0. The summed E-state index contributed by atoms with van der Waals surface area (Å²) in [4.78, 5) is 34.2. The predicted octanol–water partition coefficient (Wildman–Crippen LogP) is -0.103. The summed E-state index contributed by atoms with van der Waals surface area (Å²) >= 11 is 0. The Labute approximate surface area is 118 Å². The highest BCUT2D eigenvalue weighted by molar-refractivity contribution is 5.89. The number of nitrogens with one attached hydrogen (secondary N) is 2. The Morgan fingerprint density at radius 1 is 1.35 bits per heavy atom. The molecule has 3 N–H and O–H groups in total. The molecule has 0 aromatic heterocycles. The van der Waals surface area contributed by atoms with Gasteiger partial charge in [-0.25, -0.2) is 4.79 Å². The predicted molar refractivity (Wildman–Crippen MR) is 71.0 cm³/mol. The number of hydrogen-bond donors (Lipinski definition) is 3. The van der Waals surface area contributed by atoms with E-state index >= 15 is 0 Å². The Bertz CT molecular complexity index is 364. The lowest BCUT2D eigenvalue weighted by molar-refractivity contribution is -0.142. The van der Waals surface area contributed by atoms with E-state index < -0.39 is 24.0 Å². The Kier molecular flexibility index (Phi) is 6.44. The molecule has 2 amide bonds. The molecule has 0 radical (unpaired) electrons. The van der Waals surface area contributed by atoms with Crippen molar-refractivity contribution in [3.8, 4) is 0 Å². The minimum absolute atomic E-state index is 0.151. The molecule has 1 unspecified atom stereocenters. The van der Waals surface area contributed by atoms with Gasteiger partial charge in [0.25, 0.3) is 0 Å². The second-order valence-corrected chi connectivity index (χ2v) is 5.31. The van der Waals surface area contributed by atoms with E-state index in [0.29, 0.717) is 19.4 Å². The largest absolute Gasteiger partial charge is 0.480 e. The number of ether oxygens (including phenoxy) is 1. The van der Waals surface area contributed by atoms with Gasteiger partial charge in [0.05, 0.1) is 6.54 Å². The Balaban J connectivity index is 2.33. The maximum atomic E-state index is 11.6. The van der Waals surface area contributed by atoms with E-state index in [-0.39, 0.29) is 18.4 Å². The van der Waals surface area contributed by atoms with E-state index in [1.165, 1.54) is 0 Å². The van der Waals surface area contributed by atoms with Gasteiger partial charge >= 0.3 is 5.97 Å². The van der Waals surface area contributed by atoms with Crippen LogP contribution in [-0.2, 0) is 19.1 Å². The second kappa shape index (κ2) is 7.84. The maximum Gasteiger partial charge on any atom is 0.326 e. The number of rotatable bonds is 7. The highest BCUT2D eigenvalue weighted by Gasteiger charge is 2.25. The van der Waals surface area contributed by atoms with Crippen molar-refractivity contribution < 1.29 is 24.2 Å². The Hall–Kier alpha value is -1.63. The molecule has 7 heteroatoms. The van der Waals surface area contributed by atoms with E-state index in [2.05, 4.69) is 10.6 Å². The van der Waals surface area contributed by atoms with Crippen LogP contribution >= 0.6 is 0 Å². The summed E-state index contributed by atoms with van der Waals surface area (Å²) in [5.74, 6) is -1.76. The molecule has 0 aliphatic carbocycles. The van der Waals surface area contributed by atoms with Crippen molar-refractivity contribution in [2.45, 2.75) is 45.3 Å². The average molecular weight is 286 g/mol. The van der Waals surface area contributed by atoms with Crippen LogP contribution in [0.25, 0.3) is 0 Å². The van der Waals surface area contributed by atoms with E-state index in [0.717, 1.165) is 6.42 Å². The van der Waals surface area contributed by atoms with Crippen molar-refractivity contribution in [2.75, 3.05) is 13.2 Å². The first-order valence-electron chi connectivity index (χ1n) is 6.81. The zero-order chi connectivity index (χ0) is 15.1. The summed E-state index contributed by atoms with van der Waals surface area (Å²) in [6.07, 6.45) is 1.34. The quantitative estimate of drug-likeness (QED) is 0.606. The Morgan fingerprint density at radius 2 is 2.05 bits per heavy atom. The van der Waals surface area contributed by atoms with Crippen molar-refractivity contribution in [2.24, 2.45) is 5.92 Å². The third-order valence-electron chi connectivity index (χ3n) is 2.99. The minimum atomic E-state index is -1.07. The second-order valence-electron chi connectivity index (χ2n) is 5.31. The number of carboxylic acid groups (broad SMARTS) is 1. The van der Waals surface area contributed by atoms with E-state index in [4.69, 9.17) is 9.84 Å². The van der Waals surface area contributed by atoms with Gasteiger partial charge in [0, 0.05) is 6.61 Å². The zero-order valence-electron chi connectivity index (χ0n) is 11.8. The van der Waals surface area contributed by atoms with Crippen molar-refractivity contribution in [1.29, 1.82) is 0 Å². The van der Waals surface area contributed by atoms with Gasteiger partial charge in [0.1, 0.15) is 12.1 Å². The van der Waals surface area contributed by atoms with Gasteiger partial charge in [-0.1, -0.05) is 13.8 Å². The van der Waals surface area contributed by atoms with Crippen molar-refractivity contribution in [1.82, 2.24) is 10.6 Å². The molecule has 7 nitrogen and oxygen atoms in total. The number of carbonyl (C=O) groups excluding carboxylic acids is 2. The van der Waals surface area contributed by atoms with E-state index in [1.54, 1.807) is 0 Å². The number of aliphatic carboxylic acids is 1. The molecular formula is C13H22N2O5. The van der Waals surface area contributed by atoms with Crippen molar-refractivity contribution in [3.63, 3.8) is 0 Å². The molecule has 0 aromatic carbocycles. The van der Waals surface area contributed by atoms with Crippen LogP contribution in [0, 0.1) is 5.92 Å². The third kappa shape index (κ3) is 5.56. The fourth-order valence-electron chi connectivity index (χ4n) is 2.00. The van der Waals surface area contributed by atoms with Crippen molar-refractivity contribution in [3.05, 3.63) is 0 Å². The lowest BCUT2D eigenvalue weighted by Gasteiger charge is -2.17. The van der Waals surface area contributed by atoms with Crippen LogP contribution in [-0.4, -0.2) is 48.2 Å². The molecule has 1 fully saturated rings. The highest BCUT2D eigenvalue weighted by atomic mass is 16.5. The summed E-state index contributed by atoms with van der Waals surface area (Å²) in [5, 5.41) is 13.9. The SMILES string of the molecule is CC(C)C[C@H](NC(=O)CNC(=O)C1CCCO1)C(=O)O. The molecule has 0 bridgehead atoms. The first-order chi connectivity index (χ1) is 9.40. The molecule has 114 valence electrons. The normalized spacial score (nSPS) is 19.6. The van der Waals surface area contributed by atoms with E-state index in [9.17, 15) is 14.4 Å². The van der Waals surface area contributed by atoms with Gasteiger partial charge in [-0.15, -0.1) is 0 Å². The summed E-state index contributed by atoms with van der Waals surface area (Å²) < 4.78 is 5.18. The molecule has 2 atom stereocenters. The first-order valence-corrected chi connectivity index (χ1v) is 6.81. The van der Waals surface area contributed by atoms with Crippen LogP contribution in [0.2, 0.25) is 0 Å². The van der Waals surface area contributed by atoms with Crippen LogP contribution < -0.4 is 10.6 Å². The van der Waals surface area contributed by atoms with Crippen molar-refractivity contribution >= 4 is 17.8 Å². The van der Waals surface area contributed by atoms with Crippen LogP contribution in [0.15, 0.2) is 0 Å². The fraction of sp³-hybridized carbons (Fsp3) is 0.769. The maximum absolute atomic E-state index is 11.6. The third-order valence-corrected chi connectivity index (χ3v) is 2.99. The summed E-state index contributed by atoms with van der Waals surface area (Å²) in [6.45, 7) is 4.07. The smallest absolute Gasteiger partial charge is 0.326 e. The summed E-state index contributed by atoms with van der Waals surface area (Å²) in [6, 6.07) is -0.929. The molecule has 20 heavy (non-hydrogen) atoms. The van der Waals surface area contributed by atoms with Gasteiger partial charge in [-0.3, -0.25) is 9.59 Å². The number of amides is 2. The fourth-order valence-corrected chi connectivity index (χ4v) is 2.00. The molecule has 1 rings (SSSR count). The van der Waals surface area contributed by atoms with E-state index in [1.807, 2.05) is 13.8 Å². The zero-order valence-corrected chi connectivity index (χ0v) is 11.8. The van der Waals surface area contributed by atoms with Crippen LogP contribution in [0.1, 0.15) is 33.1 Å². The number of carbonyl (C=O) groups is 3. The molecule has 1 saturated heterocycles. The molecule has 0 aromatic rings. The minimum Gasteiger partial charge on any atom is -0.480 e. The topological polar surface area (TPSA) is 105 Å². The molecule has 1 aliphatic rings. The lowest BCUT2D eigenvalue weighted by atomic mass is 10.0. The van der Waals surface area contributed by atoms with Gasteiger partial charge in [-0.05, 0) is 25.2 Å². The van der Waals surface area contributed by atoms with Gasteiger partial charge < -0.3 is 20.5 Å². The molecule has 1 aliphatic heterocycles. The molecular weight excluding hydrogens is 264 g/mol. The Morgan fingerprint density at radius 3 is 2.55 bits per heavy atom. The molecule has 1 heterocycles. The standard InChI is InChI=1S/C13H22N2O5/c1-8(2)6-9(13(18)19)15-11(16)7-14-12(17)10-4-3-5-20-10/h8-10H,3-7H2,1-2H3,(H,14,17)(H,15,16)(H,18,19)/t9-,10?/m0/s1. The van der Waals surface area contributed by atoms with Gasteiger partial charge in [0.15, 0.2) is 0 Å². The van der Waals surface area contributed by atoms with Gasteiger partial charge in [-0.2, -0.15) is 0 Å². The molecule has 0 saturated carbocycles. The van der Waals surface area contributed by atoms with Crippen LogP contribution in [0.3, 0.4) is 0 Å². The number of hydrogen-bond acceptors (Lipinski definition) is 4. The first kappa shape index (κ1) is 16.4. The average Bonchev–Trinajstić information content (AvgIpc) is 2.88. The number of carboxylic acids is 1. The highest BCUT2D eigenvalue weighted by Crippen LogP contribution is 2.11. The summed E-state index contributed by atoms with van der Waals surface area (Å²) in [7, 11) is 0. The lowest BCUT2D eigenvalue weighted by Crippen LogP contribution is -2.47. The monoisotopic (exact) mass is 286 g/mol.